The summed E-state index contributed by atoms with van der Waals surface area (Å²) < 4.78 is 10.3. The van der Waals surface area contributed by atoms with Crippen LogP contribution < -0.4 is 10.6 Å². The topological polar surface area (TPSA) is 110 Å². The second kappa shape index (κ2) is 10.6. The monoisotopic (exact) mass is 418 g/mol. The average Bonchev–Trinajstić information content (AvgIpc) is 3.42. The van der Waals surface area contributed by atoms with E-state index in [1.807, 2.05) is 0 Å². The number of nitrogens with zero attached hydrogens (tertiary/aromatic N) is 2. The highest BCUT2D eigenvalue weighted by Gasteiger charge is 2.09. The number of carbonyl (C=O) groups is 2. The van der Waals surface area contributed by atoms with Crippen molar-refractivity contribution in [2.75, 3.05) is 11.5 Å². The van der Waals surface area contributed by atoms with E-state index in [0.29, 0.717) is 34.8 Å². The Hall–Kier alpha value is -2.72. The van der Waals surface area contributed by atoms with Crippen LogP contribution in [0.5, 0.6) is 0 Å². The summed E-state index contributed by atoms with van der Waals surface area (Å²) in [6, 6.07) is 8.86. The summed E-state index contributed by atoms with van der Waals surface area (Å²) in [5.41, 5.74) is 0. The number of rotatable bonds is 10. The third kappa shape index (κ3) is 6.78. The van der Waals surface area contributed by atoms with Gasteiger partial charge in [-0.05, 0) is 30.3 Å². The zero-order valence-corrected chi connectivity index (χ0v) is 16.4. The quantitative estimate of drug-likeness (QED) is 0.294. The molecule has 0 atom stereocenters. The standard InChI is InChI=1S/C18H18N4O4S2/c23-15(20-9-13-3-1-7-25-13)11-27-17-5-6-19-18(22-17)28-12-16(24)21-10-14-4-2-8-26-14/h1-8H,9-12H2,(H,20,23)(H,21,24). The van der Waals surface area contributed by atoms with Crippen molar-refractivity contribution < 1.29 is 18.4 Å². The fourth-order valence-corrected chi connectivity index (χ4v) is 3.45. The van der Waals surface area contributed by atoms with Gasteiger partial charge in [0.1, 0.15) is 16.5 Å². The Balaban J connectivity index is 1.38. The molecule has 146 valence electrons. The molecule has 0 radical (unpaired) electrons. The van der Waals surface area contributed by atoms with Crippen LogP contribution in [0, 0.1) is 0 Å². The number of thioether (sulfide) groups is 2. The summed E-state index contributed by atoms with van der Waals surface area (Å²) in [6.07, 6.45) is 4.73. The van der Waals surface area contributed by atoms with E-state index in [1.54, 1.807) is 49.1 Å². The fourth-order valence-electron chi connectivity index (χ4n) is 2.04. The average molecular weight is 419 g/mol. The van der Waals surface area contributed by atoms with Gasteiger partial charge in [0.2, 0.25) is 11.8 Å². The number of aromatic nitrogens is 2. The first-order valence-electron chi connectivity index (χ1n) is 8.36. The molecular formula is C18H18N4O4S2. The molecular weight excluding hydrogens is 400 g/mol. The van der Waals surface area contributed by atoms with Crippen molar-refractivity contribution in [3.63, 3.8) is 0 Å². The lowest BCUT2D eigenvalue weighted by Gasteiger charge is -2.05. The van der Waals surface area contributed by atoms with E-state index in [9.17, 15) is 9.59 Å². The van der Waals surface area contributed by atoms with E-state index in [4.69, 9.17) is 8.83 Å². The van der Waals surface area contributed by atoms with Gasteiger partial charge in [-0.1, -0.05) is 23.5 Å². The second-order valence-corrected chi connectivity index (χ2v) is 7.41. The van der Waals surface area contributed by atoms with Crippen LogP contribution in [0.3, 0.4) is 0 Å². The van der Waals surface area contributed by atoms with Gasteiger partial charge in [0.25, 0.3) is 0 Å². The maximum Gasteiger partial charge on any atom is 0.230 e. The van der Waals surface area contributed by atoms with Crippen molar-refractivity contribution in [2.24, 2.45) is 0 Å². The smallest absolute Gasteiger partial charge is 0.230 e. The summed E-state index contributed by atoms with van der Waals surface area (Å²) in [6.45, 7) is 0.695. The molecule has 0 aliphatic carbocycles. The largest absolute Gasteiger partial charge is 0.467 e. The molecule has 0 aromatic carbocycles. The van der Waals surface area contributed by atoms with E-state index in [0.717, 1.165) is 0 Å². The third-order valence-corrected chi connectivity index (χ3v) is 5.16. The highest BCUT2D eigenvalue weighted by molar-refractivity contribution is 8.00. The number of hydrogen-bond acceptors (Lipinski definition) is 8. The molecule has 10 heteroatoms. The van der Waals surface area contributed by atoms with Gasteiger partial charge in [0.15, 0.2) is 5.16 Å². The van der Waals surface area contributed by atoms with Crippen molar-refractivity contribution in [3.8, 4) is 0 Å². The minimum absolute atomic E-state index is 0.119. The molecule has 3 rings (SSSR count). The summed E-state index contributed by atoms with van der Waals surface area (Å²) in [7, 11) is 0. The minimum atomic E-state index is -0.139. The molecule has 0 spiro atoms. The molecule has 3 aromatic heterocycles. The van der Waals surface area contributed by atoms with E-state index in [-0.39, 0.29) is 23.3 Å². The van der Waals surface area contributed by atoms with Crippen LogP contribution in [0.1, 0.15) is 11.5 Å². The molecule has 28 heavy (non-hydrogen) atoms. The van der Waals surface area contributed by atoms with Crippen molar-refractivity contribution in [3.05, 3.63) is 60.6 Å². The van der Waals surface area contributed by atoms with E-state index in [1.165, 1.54) is 23.5 Å². The van der Waals surface area contributed by atoms with Gasteiger partial charge in [0, 0.05) is 6.20 Å². The number of hydrogen-bond donors (Lipinski definition) is 2. The Morgan fingerprint density at radius 3 is 2.07 bits per heavy atom. The summed E-state index contributed by atoms with van der Waals surface area (Å²) in [4.78, 5) is 32.3. The lowest BCUT2D eigenvalue weighted by Crippen LogP contribution is -2.24. The Bertz CT molecular complexity index is 815. The van der Waals surface area contributed by atoms with Gasteiger partial charge in [-0.25, -0.2) is 9.97 Å². The normalized spacial score (nSPS) is 10.6. The lowest BCUT2D eigenvalue weighted by molar-refractivity contribution is -0.119. The molecule has 0 saturated heterocycles. The number of amides is 2. The summed E-state index contributed by atoms with van der Waals surface area (Å²) in [5.74, 6) is 1.55. The Kier molecular flexibility index (Phi) is 7.56. The van der Waals surface area contributed by atoms with Gasteiger partial charge >= 0.3 is 0 Å². The molecule has 3 heterocycles. The number of furan rings is 2. The molecule has 8 nitrogen and oxygen atoms in total. The van der Waals surface area contributed by atoms with Crippen LogP contribution in [0.15, 0.2) is 68.1 Å². The van der Waals surface area contributed by atoms with Crippen LogP contribution in [0.4, 0.5) is 0 Å². The van der Waals surface area contributed by atoms with E-state index < -0.39 is 0 Å². The highest BCUT2D eigenvalue weighted by atomic mass is 32.2. The molecule has 2 N–H and O–H groups in total. The third-order valence-electron chi connectivity index (χ3n) is 3.37. The Labute approximate surface area is 169 Å². The first-order chi connectivity index (χ1) is 13.7. The van der Waals surface area contributed by atoms with Crippen LogP contribution in [0.2, 0.25) is 0 Å². The van der Waals surface area contributed by atoms with Gasteiger partial charge in [-0.15, -0.1) is 0 Å². The van der Waals surface area contributed by atoms with Crippen LogP contribution in [0.25, 0.3) is 0 Å². The van der Waals surface area contributed by atoms with E-state index >= 15 is 0 Å². The predicted molar refractivity (Wildman–Crippen MR) is 105 cm³/mol. The maximum absolute atomic E-state index is 11.9. The van der Waals surface area contributed by atoms with Crippen LogP contribution in [-0.2, 0) is 22.7 Å². The molecule has 0 aliphatic heterocycles. The Morgan fingerprint density at radius 2 is 1.50 bits per heavy atom. The van der Waals surface area contributed by atoms with Crippen molar-refractivity contribution in [2.45, 2.75) is 23.3 Å². The van der Waals surface area contributed by atoms with Gasteiger partial charge in [-0.2, -0.15) is 0 Å². The van der Waals surface area contributed by atoms with Crippen molar-refractivity contribution in [1.82, 2.24) is 20.6 Å². The first kappa shape index (κ1) is 20.0. The molecule has 2 amide bonds. The van der Waals surface area contributed by atoms with Gasteiger partial charge in [0.05, 0.1) is 37.1 Å². The van der Waals surface area contributed by atoms with Crippen LogP contribution in [-0.4, -0.2) is 33.3 Å². The Morgan fingerprint density at radius 1 is 0.893 bits per heavy atom. The fraction of sp³-hybridized carbons (Fsp3) is 0.222. The molecule has 0 saturated carbocycles. The molecule has 0 unspecified atom stereocenters. The molecule has 3 aromatic rings. The zero-order valence-electron chi connectivity index (χ0n) is 14.8. The SMILES string of the molecule is O=C(CSc1ccnc(SCC(=O)NCc2ccco2)n1)NCc1ccco1. The van der Waals surface area contributed by atoms with Crippen molar-refractivity contribution in [1.29, 1.82) is 0 Å². The zero-order chi connectivity index (χ0) is 19.6. The minimum Gasteiger partial charge on any atom is -0.467 e. The molecule has 0 fully saturated rings. The molecule has 0 bridgehead atoms. The summed E-state index contributed by atoms with van der Waals surface area (Å²) >= 11 is 2.53. The van der Waals surface area contributed by atoms with Crippen molar-refractivity contribution >= 4 is 35.3 Å². The second-order valence-electron chi connectivity index (χ2n) is 5.47. The summed E-state index contributed by atoms with van der Waals surface area (Å²) in [5, 5.41) is 6.68. The van der Waals surface area contributed by atoms with Gasteiger partial charge < -0.3 is 19.5 Å². The molecule has 0 aliphatic rings. The van der Waals surface area contributed by atoms with Gasteiger partial charge in [-0.3, -0.25) is 9.59 Å². The van der Waals surface area contributed by atoms with E-state index in [2.05, 4.69) is 20.6 Å². The lowest BCUT2D eigenvalue weighted by atomic mass is 10.4. The maximum atomic E-state index is 11.9. The first-order valence-corrected chi connectivity index (χ1v) is 10.3. The van der Waals surface area contributed by atoms with Crippen LogP contribution >= 0.6 is 23.5 Å². The predicted octanol–water partition coefficient (Wildman–Crippen LogP) is 2.48. The number of nitrogens with one attached hydrogen (secondary N) is 2. The highest BCUT2D eigenvalue weighted by Crippen LogP contribution is 2.19. The number of carbonyl (C=O) groups excluding carboxylic acids is 2.